The highest BCUT2D eigenvalue weighted by Crippen LogP contribution is 2.41. The van der Waals surface area contributed by atoms with Crippen LogP contribution in [0.5, 0.6) is 23.0 Å². The first kappa shape index (κ1) is 26.2. The van der Waals surface area contributed by atoms with Gasteiger partial charge in [-0.15, -0.1) is 0 Å². The van der Waals surface area contributed by atoms with Gasteiger partial charge in [-0.3, -0.25) is 9.59 Å². The number of azo groups is 1. The van der Waals surface area contributed by atoms with Crippen molar-refractivity contribution in [2.75, 3.05) is 31.9 Å². The number of hydrogen-bond donors (Lipinski definition) is 0. The standard InChI is InChI=1S/C22H25Cl2N3O6/c1-6-32-14-11-15(23)21(33-7-2)16(12-14)25-26-19(13(3)28)22(29)27(24)20-17(30-4)9-8-10-18(20)31-5/h8-12,19H,6-7H2,1-5H3. The van der Waals surface area contributed by atoms with E-state index in [0.717, 1.165) is 4.42 Å². The molecule has 1 unspecified atom stereocenters. The predicted molar refractivity (Wildman–Crippen MR) is 126 cm³/mol. The van der Waals surface area contributed by atoms with E-state index in [4.69, 9.17) is 42.3 Å². The van der Waals surface area contributed by atoms with E-state index in [1.807, 2.05) is 6.92 Å². The molecule has 0 saturated heterocycles. The van der Waals surface area contributed by atoms with Crippen molar-refractivity contribution in [2.45, 2.75) is 26.8 Å². The van der Waals surface area contributed by atoms with E-state index < -0.39 is 17.7 Å². The van der Waals surface area contributed by atoms with Crippen molar-refractivity contribution >= 4 is 46.4 Å². The average Bonchev–Trinajstić information content (AvgIpc) is 2.80. The van der Waals surface area contributed by atoms with Crippen LogP contribution in [-0.4, -0.2) is 45.2 Å². The summed E-state index contributed by atoms with van der Waals surface area (Å²) in [5, 5.41) is 8.29. The van der Waals surface area contributed by atoms with Gasteiger partial charge in [-0.2, -0.15) is 10.2 Å². The third-order valence-corrected chi connectivity index (χ3v) is 4.91. The van der Waals surface area contributed by atoms with E-state index in [-0.39, 0.29) is 33.6 Å². The van der Waals surface area contributed by atoms with Gasteiger partial charge in [0.25, 0.3) is 5.91 Å². The van der Waals surface area contributed by atoms with Gasteiger partial charge in [0.15, 0.2) is 11.5 Å². The number of carbonyl (C=O) groups is 2. The summed E-state index contributed by atoms with van der Waals surface area (Å²) in [5.41, 5.74) is 0.329. The fourth-order valence-corrected chi connectivity index (χ4v) is 3.35. The van der Waals surface area contributed by atoms with Gasteiger partial charge >= 0.3 is 0 Å². The lowest BCUT2D eigenvalue weighted by molar-refractivity contribution is -0.126. The second kappa shape index (κ2) is 12.3. The molecule has 0 saturated carbocycles. The Morgan fingerprint density at radius 3 is 2.18 bits per heavy atom. The number of amides is 1. The van der Waals surface area contributed by atoms with E-state index in [9.17, 15) is 9.59 Å². The van der Waals surface area contributed by atoms with Crippen LogP contribution >= 0.6 is 23.4 Å². The van der Waals surface area contributed by atoms with Gasteiger partial charge in [-0.05, 0) is 32.9 Å². The molecule has 1 amide bonds. The Bertz CT molecular complexity index is 1010. The lowest BCUT2D eigenvalue weighted by atomic mass is 10.2. The van der Waals surface area contributed by atoms with E-state index in [1.54, 1.807) is 37.3 Å². The number of benzene rings is 2. The molecule has 178 valence electrons. The maximum atomic E-state index is 13.1. The van der Waals surface area contributed by atoms with Crippen molar-refractivity contribution < 1.29 is 28.5 Å². The van der Waals surface area contributed by atoms with E-state index in [2.05, 4.69) is 10.2 Å². The van der Waals surface area contributed by atoms with Crippen LogP contribution in [-0.2, 0) is 9.59 Å². The van der Waals surface area contributed by atoms with Gasteiger partial charge in [0.2, 0.25) is 6.04 Å². The Labute approximate surface area is 202 Å². The summed E-state index contributed by atoms with van der Waals surface area (Å²) < 4.78 is 22.3. The molecule has 0 heterocycles. The minimum atomic E-state index is -1.54. The quantitative estimate of drug-likeness (QED) is 0.234. The minimum absolute atomic E-state index is 0.131. The first-order valence-corrected chi connectivity index (χ1v) is 10.7. The Kier molecular flexibility index (Phi) is 9.74. The zero-order valence-electron chi connectivity index (χ0n) is 18.9. The predicted octanol–water partition coefficient (Wildman–Crippen LogP) is 5.38. The van der Waals surface area contributed by atoms with Crippen LogP contribution in [0.1, 0.15) is 20.8 Å². The molecule has 2 aromatic rings. The third-order valence-electron chi connectivity index (χ3n) is 4.29. The first-order chi connectivity index (χ1) is 15.8. The molecule has 0 aliphatic rings. The zero-order valence-corrected chi connectivity index (χ0v) is 20.4. The van der Waals surface area contributed by atoms with Crippen LogP contribution < -0.4 is 23.4 Å². The molecule has 0 radical (unpaired) electrons. The van der Waals surface area contributed by atoms with E-state index in [1.165, 1.54) is 21.1 Å². The fourth-order valence-electron chi connectivity index (χ4n) is 2.83. The second-order valence-electron chi connectivity index (χ2n) is 6.48. The van der Waals surface area contributed by atoms with Crippen molar-refractivity contribution in [3.05, 3.63) is 35.4 Å². The number of methoxy groups -OCH3 is 2. The Morgan fingerprint density at radius 1 is 1.06 bits per heavy atom. The summed E-state index contributed by atoms with van der Waals surface area (Å²) in [5.74, 6) is -0.203. The summed E-state index contributed by atoms with van der Waals surface area (Å²) in [7, 11) is 2.83. The molecule has 0 spiro atoms. The highest BCUT2D eigenvalue weighted by molar-refractivity contribution is 6.40. The molecule has 11 heteroatoms. The fraction of sp³-hybridized carbons (Fsp3) is 0.364. The normalized spacial score (nSPS) is 11.7. The van der Waals surface area contributed by atoms with Crippen LogP contribution in [0.4, 0.5) is 11.4 Å². The summed E-state index contributed by atoms with van der Waals surface area (Å²) in [6.07, 6.45) is 0. The van der Waals surface area contributed by atoms with Crippen LogP contribution in [0.3, 0.4) is 0 Å². The van der Waals surface area contributed by atoms with E-state index >= 15 is 0 Å². The van der Waals surface area contributed by atoms with Gasteiger partial charge in [-0.25, -0.2) is 4.42 Å². The smallest absolute Gasteiger partial charge is 0.276 e. The van der Waals surface area contributed by atoms with Crippen molar-refractivity contribution in [3.8, 4) is 23.0 Å². The maximum Gasteiger partial charge on any atom is 0.276 e. The molecule has 2 aromatic carbocycles. The van der Waals surface area contributed by atoms with Gasteiger partial charge in [-0.1, -0.05) is 17.7 Å². The number of anilines is 1. The number of Topliss-reactive ketones (excluding diaryl/α,β-unsaturated/α-hetero) is 1. The Balaban J connectivity index is 2.47. The molecular weight excluding hydrogens is 473 g/mol. The van der Waals surface area contributed by atoms with Crippen LogP contribution in [0.15, 0.2) is 40.6 Å². The SMILES string of the molecule is CCOc1cc(Cl)c(OCC)c(N=NC(C(C)=O)C(=O)N(Cl)c2c(OC)cccc2OC)c1. The van der Waals surface area contributed by atoms with Gasteiger partial charge < -0.3 is 18.9 Å². The maximum absolute atomic E-state index is 13.1. The van der Waals surface area contributed by atoms with E-state index in [0.29, 0.717) is 19.0 Å². The van der Waals surface area contributed by atoms with Crippen molar-refractivity contribution in [2.24, 2.45) is 10.2 Å². The van der Waals surface area contributed by atoms with Gasteiger partial charge in [0, 0.05) is 23.9 Å². The number of nitrogens with zero attached hydrogens (tertiary/aromatic N) is 3. The summed E-state index contributed by atoms with van der Waals surface area (Å²) in [6, 6.07) is 6.45. The lowest BCUT2D eigenvalue weighted by Gasteiger charge is -2.21. The molecule has 0 aromatic heterocycles. The molecule has 1 atom stereocenters. The molecule has 0 aliphatic carbocycles. The molecule has 9 nitrogen and oxygen atoms in total. The summed E-state index contributed by atoms with van der Waals surface area (Å²) in [4.78, 5) is 25.4. The molecule has 2 rings (SSSR count). The Morgan fingerprint density at radius 2 is 1.67 bits per heavy atom. The highest BCUT2D eigenvalue weighted by Gasteiger charge is 2.32. The number of hydrogen-bond acceptors (Lipinski definition) is 8. The number of halogens is 2. The number of ketones is 1. The van der Waals surface area contributed by atoms with Gasteiger partial charge in [0.05, 0.1) is 32.5 Å². The number of rotatable bonds is 11. The van der Waals surface area contributed by atoms with Crippen LogP contribution in [0.25, 0.3) is 0 Å². The second-order valence-corrected chi connectivity index (χ2v) is 7.22. The highest BCUT2D eigenvalue weighted by atomic mass is 35.5. The van der Waals surface area contributed by atoms with Crippen LogP contribution in [0.2, 0.25) is 5.02 Å². The number of ether oxygens (including phenoxy) is 4. The topological polar surface area (TPSA) is 99.0 Å². The number of carbonyl (C=O) groups excluding carboxylic acids is 2. The molecule has 0 aliphatic heterocycles. The molecule has 0 fully saturated rings. The van der Waals surface area contributed by atoms with Gasteiger partial charge in [0.1, 0.15) is 28.6 Å². The molecule has 0 bridgehead atoms. The average molecular weight is 498 g/mol. The van der Waals surface area contributed by atoms with Crippen molar-refractivity contribution in [1.82, 2.24) is 0 Å². The monoisotopic (exact) mass is 497 g/mol. The zero-order chi connectivity index (χ0) is 24.5. The van der Waals surface area contributed by atoms with Crippen LogP contribution in [0, 0.1) is 0 Å². The van der Waals surface area contributed by atoms with Crippen molar-refractivity contribution in [3.63, 3.8) is 0 Å². The third kappa shape index (κ3) is 6.27. The Hall–Kier alpha value is -3.04. The summed E-state index contributed by atoms with van der Waals surface area (Å²) >= 11 is 12.6. The van der Waals surface area contributed by atoms with Crippen molar-refractivity contribution in [1.29, 1.82) is 0 Å². The molecular formula is C22H25Cl2N3O6. The first-order valence-electron chi connectivity index (χ1n) is 10.00. The molecule has 33 heavy (non-hydrogen) atoms. The summed E-state index contributed by atoms with van der Waals surface area (Å²) in [6.45, 7) is 5.52. The number of para-hydroxylation sites is 1. The largest absolute Gasteiger partial charge is 0.494 e. The molecule has 0 N–H and O–H groups in total. The minimum Gasteiger partial charge on any atom is -0.494 e. The lowest BCUT2D eigenvalue weighted by Crippen LogP contribution is -2.36.